The molecule has 1 unspecified atom stereocenters. The van der Waals surface area contributed by atoms with Gasteiger partial charge in [0.25, 0.3) is 0 Å². The van der Waals surface area contributed by atoms with E-state index >= 15 is 0 Å². The Morgan fingerprint density at radius 3 is 2.78 bits per heavy atom. The highest BCUT2D eigenvalue weighted by Gasteiger charge is 2.43. The molecule has 3 heteroatoms. The largest absolute Gasteiger partial charge is 0.464 e. The minimum absolute atomic E-state index is 0.210. The van der Waals surface area contributed by atoms with Crippen molar-refractivity contribution in [1.82, 2.24) is 5.32 Å². The van der Waals surface area contributed by atoms with Crippen LogP contribution in [-0.2, 0) is 0 Å². The summed E-state index contributed by atoms with van der Waals surface area (Å²) in [5.41, 5.74) is 8.44. The fraction of sp³-hybridized carbons (Fsp3) is 0.467. The number of rotatable bonds is 4. The van der Waals surface area contributed by atoms with Crippen molar-refractivity contribution in [3.05, 3.63) is 36.1 Å². The molecule has 96 valence electrons. The zero-order chi connectivity index (χ0) is 12.6. The van der Waals surface area contributed by atoms with E-state index in [-0.39, 0.29) is 5.41 Å². The van der Waals surface area contributed by atoms with E-state index in [4.69, 9.17) is 10.2 Å². The standard InChI is InChI=1S/C15H20N2O/c1-17-14(15(10-16)7-4-8-15)12-9-18-13-6-3-2-5-11(12)13/h2-3,5-6,9,14,17H,4,7-8,10,16H2,1H3. The Morgan fingerprint density at radius 1 is 1.39 bits per heavy atom. The SMILES string of the molecule is CNC(c1coc2ccccc12)C1(CN)CCC1. The van der Waals surface area contributed by atoms with Crippen LogP contribution >= 0.6 is 0 Å². The number of benzene rings is 1. The van der Waals surface area contributed by atoms with Crippen LogP contribution in [0.1, 0.15) is 30.9 Å². The average molecular weight is 244 g/mol. The maximum atomic E-state index is 6.02. The number of nitrogens with one attached hydrogen (secondary N) is 1. The molecule has 1 aliphatic carbocycles. The van der Waals surface area contributed by atoms with Gasteiger partial charge in [0.2, 0.25) is 0 Å². The lowest BCUT2D eigenvalue weighted by Gasteiger charge is -2.47. The molecule has 0 radical (unpaired) electrons. The van der Waals surface area contributed by atoms with Gasteiger partial charge in [-0.15, -0.1) is 0 Å². The second-order valence-corrected chi connectivity index (χ2v) is 5.33. The highest BCUT2D eigenvalue weighted by Crippen LogP contribution is 2.50. The second-order valence-electron chi connectivity index (χ2n) is 5.33. The fourth-order valence-corrected chi connectivity index (χ4v) is 3.25. The molecule has 0 amide bonds. The average Bonchev–Trinajstić information content (AvgIpc) is 2.77. The third kappa shape index (κ3) is 1.58. The van der Waals surface area contributed by atoms with E-state index in [1.165, 1.54) is 30.2 Å². The topological polar surface area (TPSA) is 51.2 Å². The van der Waals surface area contributed by atoms with E-state index < -0.39 is 0 Å². The van der Waals surface area contributed by atoms with Crippen molar-refractivity contribution in [2.75, 3.05) is 13.6 Å². The second kappa shape index (κ2) is 4.41. The van der Waals surface area contributed by atoms with Crippen molar-refractivity contribution >= 4 is 11.0 Å². The van der Waals surface area contributed by atoms with Crippen molar-refractivity contribution in [2.45, 2.75) is 25.3 Å². The predicted octanol–water partition coefficient (Wildman–Crippen LogP) is 2.82. The third-order valence-electron chi connectivity index (χ3n) is 4.48. The molecular weight excluding hydrogens is 224 g/mol. The molecule has 0 aliphatic heterocycles. The van der Waals surface area contributed by atoms with E-state index in [1.54, 1.807) is 0 Å². The Balaban J connectivity index is 2.06. The van der Waals surface area contributed by atoms with Crippen molar-refractivity contribution in [1.29, 1.82) is 0 Å². The quantitative estimate of drug-likeness (QED) is 0.869. The lowest BCUT2D eigenvalue weighted by atomic mass is 9.62. The number of nitrogens with two attached hydrogens (primary N) is 1. The van der Waals surface area contributed by atoms with Gasteiger partial charge < -0.3 is 15.5 Å². The van der Waals surface area contributed by atoms with Crippen LogP contribution in [0.5, 0.6) is 0 Å². The van der Waals surface area contributed by atoms with Gasteiger partial charge in [-0.1, -0.05) is 24.6 Å². The van der Waals surface area contributed by atoms with Gasteiger partial charge in [-0.3, -0.25) is 0 Å². The number of hydrogen-bond donors (Lipinski definition) is 2. The molecule has 1 atom stereocenters. The maximum absolute atomic E-state index is 6.02. The van der Waals surface area contributed by atoms with Gasteiger partial charge in [-0.25, -0.2) is 0 Å². The highest BCUT2D eigenvalue weighted by atomic mass is 16.3. The third-order valence-corrected chi connectivity index (χ3v) is 4.48. The van der Waals surface area contributed by atoms with Crippen molar-refractivity contribution < 1.29 is 4.42 Å². The smallest absolute Gasteiger partial charge is 0.134 e. The highest BCUT2D eigenvalue weighted by molar-refractivity contribution is 5.81. The maximum Gasteiger partial charge on any atom is 0.134 e. The van der Waals surface area contributed by atoms with Gasteiger partial charge in [0.1, 0.15) is 5.58 Å². The van der Waals surface area contributed by atoms with E-state index in [2.05, 4.69) is 17.4 Å². The minimum Gasteiger partial charge on any atom is -0.464 e. The van der Waals surface area contributed by atoms with E-state index in [9.17, 15) is 0 Å². The van der Waals surface area contributed by atoms with Gasteiger partial charge >= 0.3 is 0 Å². The van der Waals surface area contributed by atoms with Crippen LogP contribution in [0.25, 0.3) is 11.0 Å². The molecule has 18 heavy (non-hydrogen) atoms. The normalized spacial score (nSPS) is 19.7. The number of hydrogen-bond acceptors (Lipinski definition) is 3. The molecule has 0 spiro atoms. The molecule has 1 aromatic heterocycles. The van der Waals surface area contributed by atoms with Crippen LogP contribution < -0.4 is 11.1 Å². The minimum atomic E-state index is 0.210. The Labute approximate surface area is 107 Å². The van der Waals surface area contributed by atoms with Crippen LogP contribution in [-0.4, -0.2) is 13.6 Å². The number of furan rings is 1. The number of fused-ring (bicyclic) bond motifs is 1. The van der Waals surface area contributed by atoms with Crippen LogP contribution in [0.2, 0.25) is 0 Å². The van der Waals surface area contributed by atoms with Crippen LogP contribution in [0.4, 0.5) is 0 Å². The Bertz CT molecular complexity index is 537. The molecule has 0 saturated heterocycles. The first-order valence-corrected chi connectivity index (χ1v) is 6.64. The Kier molecular flexibility index (Phi) is 2.88. The fourth-order valence-electron chi connectivity index (χ4n) is 3.25. The van der Waals surface area contributed by atoms with Gasteiger partial charge in [0.05, 0.1) is 6.26 Å². The summed E-state index contributed by atoms with van der Waals surface area (Å²) in [4.78, 5) is 0. The molecule has 1 aliphatic rings. The van der Waals surface area contributed by atoms with Crippen LogP contribution in [0.3, 0.4) is 0 Å². The van der Waals surface area contributed by atoms with E-state index in [0.29, 0.717) is 6.04 Å². The first kappa shape index (κ1) is 11.8. The van der Waals surface area contributed by atoms with E-state index in [0.717, 1.165) is 12.1 Å². The summed E-state index contributed by atoms with van der Waals surface area (Å²) in [7, 11) is 2.02. The summed E-state index contributed by atoms with van der Waals surface area (Å²) in [6.45, 7) is 0.734. The number of para-hydroxylation sites is 1. The van der Waals surface area contributed by atoms with E-state index in [1.807, 2.05) is 25.4 Å². The molecule has 1 saturated carbocycles. The summed E-state index contributed by atoms with van der Waals surface area (Å²) in [6.07, 6.45) is 5.58. The zero-order valence-electron chi connectivity index (χ0n) is 10.8. The summed E-state index contributed by atoms with van der Waals surface area (Å²) in [5.74, 6) is 0. The summed E-state index contributed by atoms with van der Waals surface area (Å²) < 4.78 is 5.66. The lowest BCUT2D eigenvalue weighted by molar-refractivity contribution is 0.0882. The van der Waals surface area contributed by atoms with Crippen molar-refractivity contribution in [3.8, 4) is 0 Å². The summed E-state index contributed by atoms with van der Waals surface area (Å²) in [5, 5.41) is 4.66. The molecular formula is C15H20N2O. The molecule has 3 N–H and O–H groups in total. The molecule has 1 heterocycles. The molecule has 3 nitrogen and oxygen atoms in total. The molecule has 1 fully saturated rings. The summed E-state index contributed by atoms with van der Waals surface area (Å²) >= 11 is 0. The zero-order valence-corrected chi connectivity index (χ0v) is 10.8. The predicted molar refractivity (Wildman–Crippen MR) is 73.4 cm³/mol. The Morgan fingerprint density at radius 2 is 2.17 bits per heavy atom. The van der Waals surface area contributed by atoms with Crippen molar-refractivity contribution in [2.24, 2.45) is 11.1 Å². The van der Waals surface area contributed by atoms with Gasteiger partial charge in [-0.05, 0) is 32.5 Å². The molecule has 2 aromatic rings. The summed E-state index contributed by atoms with van der Waals surface area (Å²) in [6, 6.07) is 8.50. The first-order valence-electron chi connectivity index (χ1n) is 6.64. The van der Waals surface area contributed by atoms with Gasteiger partial charge in [0, 0.05) is 22.4 Å². The van der Waals surface area contributed by atoms with Crippen molar-refractivity contribution in [3.63, 3.8) is 0 Å². The first-order chi connectivity index (χ1) is 8.80. The molecule has 3 rings (SSSR count). The van der Waals surface area contributed by atoms with Gasteiger partial charge in [-0.2, -0.15) is 0 Å². The molecule has 1 aromatic carbocycles. The molecule has 0 bridgehead atoms. The Hall–Kier alpha value is -1.32. The van der Waals surface area contributed by atoms with Crippen LogP contribution in [0.15, 0.2) is 34.9 Å². The van der Waals surface area contributed by atoms with Gasteiger partial charge in [0.15, 0.2) is 0 Å². The van der Waals surface area contributed by atoms with Crippen LogP contribution in [0, 0.1) is 5.41 Å². The lowest BCUT2D eigenvalue weighted by Crippen LogP contribution is -2.47. The monoisotopic (exact) mass is 244 g/mol.